The van der Waals surface area contributed by atoms with E-state index in [0.717, 1.165) is 24.1 Å². The molecule has 0 aromatic heterocycles. The lowest BCUT2D eigenvalue weighted by Crippen LogP contribution is -2.34. The van der Waals surface area contributed by atoms with E-state index in [2.05, 4.69) is 17.4 Å². The number of hydrogen-bond donors (Lipinski definition) is 1. The number of nitrogens with one attached hydrogen (secondary N) is 1. The highest BCUT2D eigenvalue weighted by Gasteiger charge is 2.38. The summed E-state index contributed by atoms with van der Waals surface area (Å²) in [7, 11) is 0. The fourth-order valence-electron chi connectivity index (χ4n) is 3.59. The van der Waals surface area contributed by atoms with Crippen LogP contribution in [0.4, 0.5) is 5.69 Å². The van der Waals surface area contributed by atoms with Gasteiger partial charge in [0.2, 0.25) is 5.91 Å². The molecule has 2 aromatic carbocycles. The highest BCUT2D eigenvalue weighted by Crippen LogP contribution is 2.27. The minimum absolute atomic E-state index is 0.109. The van der Waals surface area contributed by atoms with Crippen LogP contribution in [0.15, 0.2) is 48.5 Å². The Morgan fingerprint density at radius 1 is 1.00 bits per heavy atom. The zero-order valence-electron chi connectivity index (χ0n) is 13.5. The molecule has 2 amide bonds. The maximum absolute atomic E-state index is 12.6. The van der Waals surface area contributed by atoms with Crippen LogP contribution in [0.2, 0.25) is 0 Å². The van der Waals surface area contributed by atoms with Crippen molar-refractivity contribution < 1.29 is 9.59 Å². The molecule has 2 aromatic rings. The number of likely N-dealkylation sites (tertiary alicyclic amines) is 1. The van der Waals surface area contributed by atoms with E-state index in [1.54, 1.807) is 0 Å². The second kappa shape index (κ2) is 6.11. The van der Waals surface area contributed by atoms with Crippen molar-refractivity contribution in [3.63, 3.8) is 0 Å². The quantitative estimate of drug-likeness (QED) is 0.881. The number of hydrogen-bond acceptors (Lipinski definition) is 3. The summed E-state index contributed by atoms with van der Waals surface area (Å²) in [5, 5.41) is 3.25. The third-order valence-electron chi connectivity index (χ3n) is 4.87. The summed E-state index contributed by atoms with van der Waals surface area (Å²) in [6.45, 7) is 0.348. The van der Waals surface area contributed by atoms with Gasteiger partial charge in [0.15, 0.2) is 0 Å². The standard InChI is InChI=1S/C20H20N2O2/c23-19-12-18(20(24)22(19)13-14-5-2-1-3-6-14)21-17-10-9-15-7-4-8-16(15)11-17/h1-3,5-6,9-11,18,21H,4,7-8,12-13H2/t18-/m0/s1. The maximum atomic E-state index is 12.6. The summed E-state index contributed by atoms with van der Waals surface area (Å²) in [5.74, 6) is -0.244. The van der Waals surface area contributed by atoms with Crippen molar-refractivity contribution in [1.82, 2.24) is 4.90 Å². The molecule has 1 fully saturated rings. The van der Waals surface area contributed by atoms with E-state index >= 15 is 0 Å². The summed E-state index contributed by atoms with van der Waals surface area (Å²) in [5.41, 5.74) is 4.67. The molecule has 1 aliphatic carbocycles. The summed E-state index contributed by atoms with van der Waals surface area (Å²) < 4.78 is 0. The minimum Gasteiger partial charge on any atom is -0.373 e. The van der Waals surface area contributed by atoms with Crippen molar-refractivity contribution in [3.05, 3.63) is 65.2 Å². The largest absolute Gasteiger partial charge is 0.373 e. The van der Waals surface area contributed by atoms with Gasteiger partial charge in [0.1, 0.15) is 6.04 Å². The third-order valence-corrected chi connectivity index (χ3v) is 4.87. The van der Waals surface area contributed by atoms with Gasteiger partial charge in [0.05, 0.1) is 13.0 Å². The number of fused-ring (bicyclic) bond motifs is 1. The number of carbonyl (C=O) groups excluding carboxylic acids is 2. The second-order valence-corrected chi connectivity index (χ2v) is 6.54. The molecule has 1 N–H and O–H groups in total. The zero-order valence-corrected chi connectivity index (χ0v) is 13.5. The van der Waals surface area contributed by atoms with Gasteiger partial charge in [-0.05, 0) is 48.1 Å². The lowest BCUT2D eigenvalue weighted by Gasteiger charge is -2.16. The Kier molecular flexibility index (Phi) is 3.81. The molecule has 4 heteroatoms. The van der Waals surface area contributed by atoms with Crippen LogP contribution in [0.5, 0.6) is 0 Å². The summed E-state index contributed by atoms with van der Waals surface area (Å²) in [6.07, 6.45) is 3.66. The summed E-state index contributed by atoms with van der Waals surface area (Å²) >= 11 is 0. The molecule has 0 saturated carbocycles. The van der Waals surface area contributed by atoms with Crippen LogP contribution in [-0.4, -0.2) is 22.8 Å². The Labute approximate surface area is 141 Å². The minimum atomic E-state index is -0.458. The Morgan fingerprint density at radius 3 is 2.62 bits per heavy atom. The van der Waals surface area contributed by atoms with Crippen LogP contribution in [-0.2, 0) is 29.0 Å². The number of nitrogens with zero attached hydrogens (tertiary/aromatic N) is 1. The maximum Gasteiger partial charge on any atom is 0.252 e. The van der Waals surface area contributed by atoms with Gasteiger partial charge in [-0.3, -0.25) is 14.5 Å². The highest BCUT2D eigenvalue weighted by molar-refractivity contribution is 6.06. The fraction of sp³-hybridized carbons (Fsp3) is 0.300. The Balaban J connectivity index is 1.47. The number of amides is 2. The van der Waals surface area contributed by atoms with E-state index in [-0.39, 0.29) is 18.2 Å². The Morgan fingerprint density at radius 2 is 1.79 bits per heavy atom. The monoisotopic (exact) mass is 320 g/mol. The number of aryl methyl sites for hydroxylation is 2. The number of carbonyl (C=O) groups is 2. The topological polar surface area (TPSA) is 49.4 Å². The van der Waals surface area contributed by atoms with Crippen molar-refractivity contribution in [2.24, 2.45) is 0 Å². The SMILES string of the molecule is O=C1C[C@H](Nc2ccc3c(c2)CCC3)C(=O)N1Cc1ccccc1. The van der Waals surface area contributed by atoms with Gasteiger partial charge in [0.25, 0.3) is 5.91 Å². The van der Waals surface area contributed by atoms with E-state index in [1.807, 2.05) is 36.4 Å². The number of rotatable bonds is 4. The molecule has 4 nitrogen and oxygen atoms in total. The van der Waals surface area contributed by atoms with Crippen molar-refractivity contribution in [1.29, 1.82) is 0 Å². The smallest absolute Gasteiger partial charge is 0.252 e. The van der Waals surface area contributed by atoms with Gasteiger partial charge in [0, 0.05) is 5.69 Å². The molecular formula is C20H20N2O2. The molecule has 0 unspecified atom stereocenters. The van der Waals surface area contributed by atoms with Crippen molar-refractivity contribution in [2.45, 2.75) is 38.3 Å². The van der Waals surface area contributed by atoms with E-state index in [1.165, 1.54) is 22.4 Å². The summed E-state index contributed by atoms with van der Waals surface area (Å²) in [6, 6.07) is 15.4. The van der Waals surface area contributed by atoms with E-state index < -0.39 is 6.04 Å². The van der Waals surface area contributed by atoms with Gasteiger partial charge in [-0.1, -0.05) is 36.4 Å². The molecule has 4 rings (SSSR count). The van der Waals surface area contributed by atoms with Gasteiger partial charge in [-0.25, -0.2) is 0 Å². The fourth-order valence-corrected chi connectivity index (χ4v) is 3.59. The number of imide groups is 1. The lowest BCUT2D eigenvalue weighted by molar-refractivity contribution is -0.139. The molecule has 0 radical (unpaired) electrons. The van der Waals surface area contributed by atoms with Crippen molar-refractivity contribution >= 4 is 17.5 Å². The number of benzene rings is 2. The Hall–Kier alpha value is -2.62. The normalized spacial score (nSPS) is 19.7. The first-order valence-corrected chi connectivity index (χ1v) is 8.47. The van der Waals surface area contributed by atoms with Gasteiger partial charge < -0.3 is 5.32 Å². The molecule has 1 saturated heterocycles. The molecule has 24 heavy (non-hydrogen) atoms. The van der Waals surface area contributed by atoms with Crippen LogP contribution in [0.3, 0.4) is 0 Å². The van der Waals surface area contributed by atoms with Crippen LogP contribution < -0.4 is 5.32 Å². The predicted molar refractivity (Wildman–Crippen MR) is 92.5 cm³/mol. The van der Waals surface area contributed by atoms with Crippen LogP contribution in [0, 0.1) is 0 Å². The molecule has 1 aliphatic heterocycles. The van der Waals surface area contributed by atoms with E-state index in [4.69, 9.17) is 0 Å². The first-order valence-electron chi connectivity index (χ1n) is 8.47. The summed E-state index contributed by atoms with van der Waals surface area (Å²) in [4.78, 5) is 26.2. The molecule has 122 valence electrons. The first kappa shape index (κ1) is 14.9. The van der Waals surface area contributed by atoms with Gasteiger partial charge in [-0.2, -0.15) is 0 Å². The predicted octanol–water partition coefficient (Wildman–Crippen LogP) is 2.91. The molecule has 0 spiro atoms. The average Bonchev–Trinajstić information content (AvgIpc) is 3.16. The molecule has 1 heterocycles. The zero-order chi connectivity index (χ0) is 16.5. The Bertz CT molecular complexity index is 785. The van der Waals surface area contributed by atoms with Crippen LogP contribution in [0.25, 0.3) is 0 Å². The van der Waals surface area contributed by atoms with Crippen molar-refractivity contribution in [3.8, 4) is 0 Å². The van der Waals surface area contributed by atoms with Crippen LogP contribution >= 0.6 is 0 Å². The first-order chi connectivity index (χ1) is 11.7. The van der Waals surface area contributed by atoms with E-state index in [9.17, 15) is 9.59 Å². The average molecular weight is 320 g/mol. The number of anilines is 1. The molecule has 1 atom stereocenters. The molecule has 0 bridgehead atoms. The lowest BCUT2D eigenvalue weighted by atomic mass is 10.1. The highest BCUT2D eigenvalue weighted by atomic mass is 16.2. The van der Waals surface area contributed by atoms with Crippen LogP contribution in [0.1, 0.15) is 29.5 Å². The third kappa shape index (κ3) is 2.80. The molecular weight excluding hydrogens is 300 g/mol. The van der Waals surface area contributed by atoms with Gasteiger partial charge in [-0.15, -0.1) is 0 Å². The van der Waals surface area contributed by atoms with Gasteiger partial charge >= 0.3 is 0 Å². The van der Waals surface area contributed by atoms with Crippen molar-refractivity contribution in [2.75, 3.05) is 5.32 Å². The molecule has 2 aliphatic rings. The van der Waals surface area contributed by atoms with E-state index in [0.29, 0.717) is 6.54 Å². The second-order valence-electron chi connectivity index (χ2n) is 6.54.